The lowest BCUT2D eigenvalue weighted by molar-refractivity contribution is 0.188. The van der Waals surface area contributed by atoms with Gasteiger partial charge in [-0.3, -0.25) is 0 Å². The van der Waals surface area contributed by atoms with Gasteiger partial charge in [-0.15, -0.1) is 11.3 Å². The number of aliphatic hydroxyl groups excluding tert-OH is 1. The molecule has 122 valence electrons. The van der Waals surface area contributed by atoms with Crippen LogP contribution in [-0.4, -0.2) is 24.9 Å². The monoisotopic (exact) mass is 330 g/mol. The van der Waals surface area contributed by atoms with Gasteiger partial charge >= 0.3 is 0 Å². The molecular formula is C17H22N4OS. The first kappa shape index (κ1) is 16.1. The van der Waals surface area contributed by atoms with Gasteiger partial charge in [0.1, 0.15) is 11.9 Å². The molecule has 2 aromatic heterocycles. The van der Waals surface area contributed by atoms with Crippen molar-refractivity contribution in [3.63, 3.8) is 0 Å². The van der Waals surface area contributed by atoms with Crippen molar-refractivity contribution in [1.29, 1.82) is 0 Å². The summed E-state index contributed by atoms with van der Waals surface area (Å²) in [6.45, 7) is 4.67. The number of aryl methyl sites for hydroxylation is 3. The van der Waals surface area contributed by atoms with Gasteiger partial charge in [-0.05, 0) is 38.3 Å². The first-order chi connectivity index (χ1) is 11.2. The van der Waals surface area contributed by atoms with Crippen LogP contribution in [0, 0.1) is 0 Å². The molecule has 0 amide bonds. The van der Waals surface area contributed by atoms with Crippen molar-refractivity contribution >= 4 is 21.6 Å². The summed E-state index contributed by atoms with van der Waals surface area (Å²) < 4.78 is 3.17. The van der Waals surface area contributed by atoms with Crippen molar-refractivity contribution < 1.29 is 5.11 Å². The molecule has 1 N–H and O–H groups in total. The molecule has 0 aliphatic heterocycles. The van der Waals surface area contributed by atoms with Crippen LogP contribution in [0.1, 0.15) is 49.4 Å². The molecule has 0 aliphatic rings. The highest BCUT2D eigenvalue weighted by Crippen LogP contribution is 2.23. The highest BCUT2D eigenvalue weighted by Gasteiger charge is 2.13. The van der Waals surface area contributed by atoms with E-state index in [4.69, 9.17) is 0 Å². The Kier molecular flexibility index (Phi) is 5.03. The molecular weight excluding hydrogens is 308 g/mol. The van der Waals surface area contributed by atoms with E-state index in [0.29, 0.717) is 5.82 Å². The van der Waals surface area contributed by atoms with Gasteiger partial charge in [0.2, 0.25) is 0 Å². The average Bonchev–Trinajstić information content (AvgIpc) is 3.12. The largest absolute Gasteiger partial charge is 0.385 e. The molecule has 0 bridgehead atoms. The first-order valence-electron chi connectivity index (χ1n) is 8.13. The van der Waals surface area contributed by atoms with Gasteiger partial charge in [0.05, 0.1) is 15.2 Å². The molecule has 5 nitrogen and oxygen atoms in total. The molecule has 0 saturated carbocycles. The van der Waals surface area contributed by atoms with Crippen LogP contribution in [0.15, 0.2) is 24.3 Å². The molecule has 3 aromatic rings. The number of hydrogen-bond donors (Lipinski definition) is 1. The molecule has 1 aromatic carbocycles. The standard InChI is InChI=1S/C17H22N4OS/c1-3-11-21-15(19-17(20-21)12(2)22)9-6-10-16-18-13-7-4-5-8-14(13)23-16/h4-5,7-8,12,22H,3,6,9-11H2,1-2H3. The third kappa shape index (κ3) is 3.76. The highest BCUT2D eigenvalue weighted by atomic mass is 32.1. The van der Waals surface area contributed by atoms with Crippen LogP contribution in [0.5, 0.6) is 0 Å². The van der Waals surface area contributed by atoms with Gasteiger partial charge in [0, 0.05) is 13.0 Å². The number of nitrogens with zero attached hydrogens (tertiary/aromatic N) is 4. The lowest BCUT2D eigenvalue weighted by Gasteiger charge is -2.03. The Morgan fingerprint density at radius 3 is 2.78 bits per heavy atom. The van der Waals surface area contributed by atoms with Gasteiger partial charge in [0.25, 0.3) is 0 Å². The molecule has 23 heavy (non-hydrogen) atoms. The maximum absolute atomic E-state index is 9.67. The number of aromatic nitrogens is 4. The molecule has 0 spiro atoms. The van der Waals surface area contributed by atoms with Crippen LogP contribution in [0.2, 0.25) is 0 Å². The smallest absolute Gasteiger partial charge is 0.179 e. The molecule has 1 atom stereocenters. The van der Waals surface area contributed by atoms with Crippen LogP contribution < -0.4 is 0 Å². The first-order valence-corrected chi connectivity index (χ1v) is 8.95. The van der Waals surface area contributed by atoms with Gasteiger partial charge in [-0.1, -0.05) is 19.1 Å². The molecule has 3 rings (SSSR count). The van der Waals surface area contributed by atoms with E-state index < -0.39 is 6.10 Å². The van der Waals surface area contributed by atoms with Crippen molar-refractivity contribution in [1.82, 2.24) is 19.7 Å². The molecule has 2 heterocycles. The van der Waals surface area contributed by atoms with E-state index in [1.54, 1.807) is 18.3 Å². The Morgan fingerprint density at radius 1 is 1.22 bits per heavy atom. The molecule has 0 radical (unpaired) electrons. The number of thiazole rings is 1. The average molecular weight is 330 g/mol. The fourth-order valence-electron chi connectivity index (χ4n) is 2.57. The molecule has 0 fully saturated rings. The van der Waals surface area contributed by atoms with Crippen molar-refractivity contribution in [2.24, 2.45) is 0 Å². The maximum atomic E-state index is 9.67. The third-order valence-electron chi connectivity index (χ3n) is 3.70. The SMILES string of the molecule is CCCn1nc(C(C)O)nc1CCCc1nc2ccccc2s1. The number of para-hydroxylation sites is 1. The van der Waals surface area contributed by atoms with E-state index in [2.05, 4.69) is 40.2 Å². The topological polar surface area (TPSA) is 63.8 Å². The van der Waals surface area contributed by atoms with Crippen LogP contribution in [-0.2, 0) is 19.4 Å². The second-order valence-corrected chi connectivity index (χ2v) is 6.83. The number of rotatable bonds is 7. The number of hydrogen-bond acceptors (Lipinski definition) is 5. The lowest BCUT2D eigenvalue weighted by atomic mass is 10.2. The van der Waals surface area contributed by atoms with Gasteiger partial charge in [-0.25, -0.2) is 14.6 Å². The zero-order chi connectivity index (χ0) is 16.2. The Hall–Kier alpha value is -1.79. The number of aliphatic hydroxyl groups is 1. The summed E-state index contributed by atoms with van der Waals surface area (Å²) in [6, 6.07) is 8.25. The van der Waals surface area contributed by atoms with Crippen LogP contribution >= 0.6 is 11.3 Å². The summed E-state index contributed by atoms with van der Waals surface area (Å²) in [5.41, 5.74) is 1.08. The van der Waals surface area contributed by atoms with E-state index in [1.165, 1.54) is 9.71 Å². The Morgan fingerprint density at radius 2 is 2.04 bits per heavy atom. The van der Waals surface area contributed by atoms with Crippen molar-refractivity contribution in [3.8, 4) is 0 Å². The van der Waals surface area contributed by atoms with Gasteiger partial charge in [-0.2, -0.15) is 5.10 Å². The third-order valence-corrected chi connectivity index (χ3v) is 4.80. The summed E-state index contributed by atoms with van der Waals surface area (Å²) >= 11 is 1.76. The fraction of sp³-hybridized carbons (Fsp3) is 0.471. The Bertz CT molecular complexity index is 745. The van der Waals surface area contributed by atoms with Crippen LogP contribution in [0.4, 0.5) is 0 Å². The lowest BCUT2D eigenvalue weighted by Crippen LogP contribution is -2.06. The molecule has 1 unspecified atom stereocenters. The van der Waals surface area contributed by atoms with E-state index in [-0.39, 0.29) is 0 Å². The molecule has 0 saturated heterocycles. The van der Waals surface area contributed by atoms with E-state index in [1.807, 2.05) is 10.7 Å². The fourth-order valence-corrected chi connectivity index (χ4v) is 3.58. The summed E-state index contributed by atoms with van der Waals surface area (Å²) in [5.74, 6) is 1.48. The minimum Gasteiger partial charge on any atom is -0.385 e. The van der Waals surface area contributed by atoms with E-state index in [9.17, 15) is 5.11 Å². The van der Waals surface area contributed by atoms with Gasteiger partial charge in [0.15, 0.2) is 5.82 Å². The zero-order valence-corrected chi connectivity index (χ0v) is 14.4. The quantitative estimate of drug-likeness (QED) is 0.720. The van der Waals surface area contributed by atoms with Crippen molar-refractivity contribution in [2.75, 3.05) is 0 Å². The minimum absolute atomic E-state index is 0.522. The van der Waals surface area contributed by atoms with Crippen LogP contribution in [0.25, 0.3) is 10.2 Å². The summed E-state index contributed by atoms with van der Waals surface area (Å²) in [7, 11) is 0. The second kappa shape index (κ2) is 7.19. The summed E-state index contributed by atoms with van der Waals surface area (Å²) in [5, 5.41) is 15.2. The number of fused-ring (bicyclic) bond motifs is 1. The van der Waals surface area contributed by atoms with Gasteiger partial charge < -0.3 is 5.11 Å². The molecule has 0 aliphatic carbocycles. The van der Waals surface area contributed by atoms with E-state index in [0.717, 1.165) is 43.6 Å². The second-order valence-electron chi connectivity index (χ2n) is 5.71. The minimum atomic E-state index is -0.615. The molecule has 6 heteroatoms. The summed E-state index contributed by atoms with van der Waals surface area (Å²) in [4.78, 5) is 9.16. The summed E-state index contributed by atoms with van der Waals surface area (Å²) in [6.07, 6.45) is 3.18. The number of benzene rings is 1. The van der Waals surface area contributed by atoms with Crippen LogP contribution in [0.3, 0.4) is 0 Å². The predicted octanol–water partition coefficient (Wildman–Crippen LogP) is 3.53. The maximum Gasteiger partial charge on any atom is 0.179 e. The highest BCUT2D eigenvalue weighted by molar-refractivity contribution is 7.18. The van der Waals surface area contributed by atoms with Crippen molar-refractivity contribution in [3.05, 3.63) is 40.9 Å². The predicted molar refractivity (Wildman–Crippen MR) is 92.6 cm³/mol. The van der Waals surface area contributed by atoms with Crippen molar-refractivity contribution in [2.45, 2.75) is 52.2 Å². The Balaban J connectivity index is 1.65. The Labute approximate surface area is 140 Å². The normalized spacial score (nSPS) is 12.8. The zero-order valence-electron chi connectivity index (χ0n) is 13.6. The van der Waals surface area contributed by atoms with E-state index >= 15 is 0 Å².